The van der Waals surface area contributed by atoms with Gasteiger partial charge >= 0.3 is 0 Å². The summed E-state index contributed by atoms with van der Waals surface area (Å²) in [6.45, 7) is 3.23. The molecule has 0 amide bonds. The molecule has 1 aliphatic carbocycles. The van der Waals surface area contributed by atoms with Gasteiger partial charge in [0.25, 0.3) is 0 Å². The molecule has 2 aliphatic rings. The summed E-state index contributed by atoms with van der Waals surface area (Å²) in [5.74, 6) is 0.330. The normalized spacial score (nSPS) is 27.5. The molecule has 1 heterocycles. The Balaban J connectivity index is 1.65. The van der Waals surface area contributed by atoms with Gasteiger partial charge in [0.15, 0.2) is 0 Å². The summed E-state index contributed by atoms with van der Waals surface area (Å²) in [6.07, 6.45) is 4.24. The van der Waals surface area contributed by atoms with Crippen LogP contribution in [0.1, 0.15) is 43.2 Å². The van der Waals surface area contributed by atoms with Crippen molar-refractivity contribution in [3.05, 3.63) is 71.8 Å². The standard InChI is InChI=1S/C21H25NO/c1-21(23-18-13-8-14-18)15-22-20(21)19(16-9-4-2-5-10-16)17-11-6-3-7-12-17/h2-7,9-12,18-20,22H,8,13-15H2,1H3. The Labute approximate surface area is 138 Å². The van der Waals surface area contributed by atoms with Gasteiger partial charge in [0.1, 0.15) is 0 Å². The summed E-state index contributed by atoms with van der Waals surface area (Å²) in [7, 11) is 0. The Morgan fingerprint density at radius 2 is 1.52 bits per heavy atom. The zero-order chi connectivity index (χ0) is 15.7. The van der Waals surface area contributed by atoms with Crippen molar-refractivity contribution in [1.29, 1.82) is 0 Å². The third-order valence-corrected chi connectivity index (χ3v) is 5.47. The number of ether oxygens (including phenoxy) is 1. The molecule has 23 heavy (non-hydrogen) atoms. The Morgan fingerprint density at radius 3 is 1.91 bits per heavy atom. The van der Waals surface area contributed by atoms with Crippen molar-refractivity contribution >= 4 is 0 Å². The van der Waals surface area contributed by atoms with E-state index in [0.717, 1.165) is 6.54 Å². The molecule has 4 rings (SSSR count). The second-order valence-electron chi connectivity index (χ2n) is 7.14. The van der Waals surface area contributed by atoms with Crippen molar-refractivity contribution in [2.75, 3.05) is 6.54 Å². The van der Waals surface area contributed by atoms with E-state index in [2.05, 4.69) is 72.9 Å². The van der Waals surface area contributed by atoms with E-state index in [9.17, 15) is 0 Å². The molecular formula is C21H25NO. The maximum absolute atomic E-state index is 6.48. The fourth-order valence-electron chi connectivity index (χ4n) is 3.86. The van der Waals surface area contributed by atoms with E-state index in [4.69, 9.17) is 4.74 Å². The van der Waals surface area contributed by atoms with Gasteiger partial charge in [0.2, 0.25) is 0 Å². The smallest absolute Gasteiger partial charge is 0.0943 e. The van der Waals surface area contributed by atoms with Crippen molar-refractivity contribution in [3.8, 4) is 0 Å². The average molecular weight is 307 g/mol. The van der Waals surface area contributed by atoms with Crippen LogP contribution in [0.4, 0.5) is 0 Å². The zero-order valence-electron chi connectivity index (χ0n) is 13.7. The summed E-state index contributed by atoms with van der Waals surface area (Å²) in [6, 6.07) is 22.0. The van der Waals surface area contributed by atoms with Gasteiger partial charge < -0.3 is 10.1 Å². The van der Waals surface area contributed by atoms with Gasteiger partial charge in [0, 0.05) is 18.5 Å². The highest BCUT2D eigenvalue weighted by molar-refractivity contribution is 5.37. The van der Waals surface area contributed by atoms with Gasteiger partial charge in [-0.25, -0.2) is 0 Å². The van der Waals surface area contributed by atoms with Gasteiger partial charge in [-0.15, -0.1) is 0 Å². The topological polar surface area (TPSA) is 21.3 Å². The molecule has 2 heteroatoms. The molecule has 2 fully saturated rings. The highest BCUT2D eigenvalue weighted by atomic mass is 16.5. The summed E-state index contributed by atoms with van der Waals surface area (Å²) in [5, 5.41) is 3.66. The van der Waals surface area contributed by atoms with Crippen LogP contribution >= 0.6 is 0 Å². The Morgan fingerprint density at radius 1 is 0.957 bits per heavy atom. The van der Waals surface area contributed by atoms with Gasteiger partial charge in [0.05, 0.1) is 11.7 Å². The lowest BCUT2D eigenvalue weighted by atomic mass is 9.72. The molecule has 0 spiro atoms. The van der Waals surface area contributed by atoms with Gasteiger partial charge in [-0.1, -0.05) is 60.7 Å². The summed E-state index contributed by atoms with van der Waals surface area (Å²) in [5.41, 5.74) is 2.65. The molecule has 0 aromatic heterocycles. The third-order valence-electron chi connectivity index (χ3n) is 5.47. The monoisotopic (exact) mass is 307 g/mol. The molecule has 120 valence electrons. The van der Waals surface area contributed by atoms with Crippen LogP contribution in [0.15, 0.2) is 60.7 Å². The Bertz CT molecular complexity index is 598. The van der Waals surface area contributed by atoms with E-state index in [0.29, 0.717) is 18.1 Å². The number of hydrogen-bond acceptors (Lipinski definition) is 2. The molecule has 1 saturated carbocycles. The molecule has 2 nitrogen and oxygen atoms in total. The van der Waals surface area contributed by atoms with E-state index in [1.165, 1.54) is 30.4 Å². The largest absolute Gasteiger partial charge is 0.369 e. The first-order valence-corrected chi connectivity index (χ1v) is 8.77. The first-order chi connectivity index (χ1) is 11.3. The number of rotatable bonds is 5. The molecular weight excluding hydrogens is 282 g/mol. The minimum atomic E-state index is -0.0680. The molecule has 1 N–H and O–H groups in total. The summed E-state index contributed by atoms with van der Waals surface area (Å²) < 4.78 is 6.48. The van der Waals surface area contributed by atoms with E-state index < -0.39 is 0 Å². The number of hydrogen-bond donors (Lipinski definition) is 1. The highest BCUT2D eigenvalue weighted by Gasteiger charge is 2.50. The van der Waals surface area contributed by atoms with Crippen molar-refractivity contribution in [2.45, 2.75) is 49.9 Å². The first-order valence-electron chi connectivity index (χ1n) is 8.77. The van der Waals surface area contributed by atoms with E-state index in [-0.39, 0.29) is 5.60 Å². The lowest BCUT2D eigenvalue weighted by Crippen LogP contribution is -2.70. The molecule has 2 aromatic carbocycles. The van der Waals surface area contributed by atoms with Crippen LogP contribution in [0.5, 0.6) is 0 Å². The summed E-state index contributed by atoms with van der Waals surface area (Å²) in [4.78, 5) is 0. The van der Waals surface area contributed by atoms with Crippen LogP contribution in [0.2, 0.25) is 0 Å². The molecule has 1 saturated heterocycles. The SMILES string of the molecule is CC1(OC2CCC2)CNC1C(c1ccccc1)c1ccccc1. The van der Waals surface area contributed by atoms with Gasteiger partial charge in [-0.3, -0.25) is 0 Å². The third kappa shape index (κ3) is 2.82. The van der Waals surface area contributed by atoms with Gasteiger partial charge in [-0.05, 0) is 37.3 Å². The van der Waals surface area contributed by atoms with Crippen LogP contribution in [-0.4, -0.2) is 24.3 Å². The fraction of sp³-hybridized carbons (Fsp3) is 0.429. The zero-order valence-corrected chi connectivity index (χ0v) is 13.7. The average Bonchev–Trinajstić information content (AvgIpc) is 2.56. The van der Waals surface area contributed by atoms with Gasteiger partial charge in [-0.2, -0.15) is 0 Å². The Hall–Kier alpha value is -1.64. The maximum Gasteiger partial charge on any atom is 0.0943 e. The predicted octanol–water partition coefficient (Wildman–Crippen LogP) is 4.12. The fourth-order valence-corrected chi connectivity index (χ4v) is 3.86. The van der Waals surface area contributed by atoms with Crippen LogP contribution < -0.4 is 5.32 Å². The second-order valence-corrected chi connectivity index (χ2v) is 7.14. The van der Waals surface area contributed by atoms with E-state index in [1.54, 1.807) is 0 Å². The van der Waals surface area contributed by atoms with Crippen LogP contribution in [-0.2, 0) is 4.74 Å². The van der Waals surface area contributed by atoms with E-state index in [1.807, 2.05) is 0 Å². The first kappa shape index (κ1) is 14.9. The second kappa shape index (κ2) is 6.10. The lowest BCUT2D eigenvalue weighted by Gasteiger charge is -2.53. The van der Waals surface area contributed by atoms with Crippen molar-refractivity contribution in [3.63, 3.8) is 0 Å². The number of benzene rings is 2. The minimum Gasteiger partial charge on any atom is -0.369 e. The maximum atomic E-state index is 6.48. The van der Waals surface area contributed by atoms with Crippen LogP contribution in [0.3, 0.4) is 0 Å². The molecule has 0 radical (unpaired) electrons. The van der Waals surface area contributed by atoms with Crippen LogP contribution in [0, 0.1) is 0 Å². The lowest BCUT2D eigenvalue weighted by molar-refractivity contribution is -0.164. The molecule has 1 aliphatic heterocycles. The highest BCUT2D eigenvalue weighted by Crippen LogP contribution is 2.41. The molecule has 2 unspecified atom stereocenters. The molecule has 2 aromatic rings. The quantitative estimate of drug-likeness (QED) is 0.897. The van der Waals surface area contributed by atoms with Crippen molar-refractivity contribution < 1.29 is 4.74 Å². The van der Waals surface area contributed by atoms with Crippen molar-refractivity contribution in [2.24, 2.45) is 0 Å². The summed E-state index contributed by atoms with van der Waals surface area (Å²) >= 11 is 0. The Kier molecular flexibility index (Phi) is 3.96. The molecule has 0 bridgehead atoms. The molecule has 2 atom stereocenters. The van der Waals surface area contributed by atoms with E-state index >= 15 is 0 Å². The van der Waals surface area contributed by atoms with Crippen molar-refractivity contribution in [1.82, 2.24) is 5.32 Å². The minimum absolute atomic E-state index is 0.0680. The predicted molar refractivity (Wildman–Crippen MR) is 93.6 cm³/mol. The number of nitrogens with one attached hydrogen (secondary N) is 1. The van der Waals surface area contributed by atoms with Crippen LogP contribution in [0.25, 0.3) is 0 Å².